The van der Waals surface area contributed by atoms with Gasteiger partial charge < -0.3 is 10.6 Å². The molecule has 106 valence electrons. The highest BCUT2D eigenvalue weighted by Gasteiger charge is 2.30. The van der Waals surface area contributed by atoms with Crippen LogP contribution in [0.5, 0.6) is 0 Å². The van der Waals surface area contributed by atoms with Gasteiger partial charge in [-0.25, -0.2) is 0 Å². The first-order valence-corrected chi connectivity index (χ1v) is 7.74. The van der Waals surface area contributed by atoms with E-state index >= 15 is 0 Å². The summed E-state index contributed by atoms with van der Waals surface area (Å²) in [6, 6.07) is 10.0. The van der Waals surface area contributed by atoms with Crippen molar-refractivity contribution < 1.29 is 0 Å². The molecule has 3 unspecified atom stereocenters. The van der Waals surface area contributed by atoms with Crippen LogP contribution in [0.3, 0.4) is 0 Å². The topological polar surface area (TPSA) is 29.3 Å². The number of nitrogens with two attached hydrogens (primary N) is 1. The number of hydrogen-bond acceptors (Lipinski definition) is 2. The van der Waals surface area contributed by atoms with Gasteiger partial charge >= 0.3 is 0 Å². The monoisotopic (exact) mass is 260 g/mol. The van der Waals surface area contributed by atoms with Gasteiger partial charge in [-0.05, 0) is 49.8 Å². The summed E-state index contributed by atoms with van der Waals surface area (Å²) < 4.78 is 0. The van der Waals surface area contributed by atoms with Crippen molar-refractivity contribution in [2.24, 2.45) is 11.7 Å². The molecule has 0 amide bonds. The number of aryl methyl sites for hydroxylation is 1. The van der Waals surface area contributed by atoms with Gasteiger partial charge in [0.1, 0.15) is 0 Å². The van der Waals surface area contributed by atoms with Gasteiger partial charge in [-0.15, -0.1) is 0 Å². The molecule has 1 aromatic rings. The summed E-state index contributed by atoms with van der Waals surface area (Å²) >= 11 is 0. The van der Waals surface area contributed by atoms with E-state index in [1.807, 2.05) is 0 Å². The van der Waals surface area contributed by atoms with E-state index in [4.69, 9.17) is 5.73 Å². The average Bonchev–Trinajstić information content (AvgIpc) is 2.44. The molecule has 0 radical (unpaired) electrons. The molecule has 0 aliphatic carbocycles. The molecule has 2 rings (SSSR count). The van der Waals surface area contributed by atoms with Crippen LogP contribution < -0.4 is 10.6 Å². The SMILES string of the molecule is CCCCc1ccc(N2CCC(N)C(C)C2C)cc1. The van der Waals surface area contributed by atoms with Crippen LogP contribution in [0.2, 0.25) is 0 Å². The molecule has 19 heavy (non-hydrogen) atoms. The van der Waals surface area contributed by atoms with E-state index in [-0.39, 0.29) is 0 Å². The molecule has 1 aliphatic rings. The summed E-state index contributed by atoms with van der Waals surface area (Å²) in [5, 5.41) is 0. The summed E-state index contributed by atoms with van der Waals surface area (Å²) in [5.74, 6) is 0.563. The fraction of sp³-hybridized carbons (Fsp3) is 0.647. The molecule has 1 aliphatic heterocycles. The van der Waals surface area contributed by atoms with Gasteiger partial charge in [0.25, 0.3) is 0 Å². The minimum Gasteiger partial charge on any atom is -0.368 e. The lowest BCUT2D eigenvalue weighted by Gasteiger charge is -2.42. The van der Waals surface area contributed by atoms with Crippen molar-refractivity contribution in [3.05, 3.63) is 29.8 Å². The zero-order valence-corrected chi connectivity index (χ0v) is 12.6. The minimum absolute atomic E-state index is 0.357. The third kappa shape index (κ3) is 3.30. The van der Waals surface area contributed by atoms with Crippen LogP contribution in [-0.4, -0.2) is 18.6 Å². The number of anilines is 1. The van der Waals surface area contributed by atoms with Crippen molar-refractivity contribution in [3.63, 3.8) is 0 Å². The normalized spacial score (nSPS) is 27.6. The Labute approximate surface area is 118 Å². The molecule has 2 nitrogen and oxygen atoms in total. The second-order valence-electron chi connectivity index (χ2n) is 6.02. The van der Waals surface area contributed by atoms with Crippen LogP contribution in [0, 0.1) is 5.92 Å². The molecule has 1 fully saturated rings. The molecule has 2 N–H and O–H groups in total. The Hall–Kier alpha value is -1.02. The maximum absolute atomic E-state index is 6.16. The van der Waals surface area contributed by atoms with Crippen LogP contribution in [0.1, 0.15) is 45.6 Å². The predicted molar refractivity (Wildman–Crippen MR) is 83.6 cm³/mol. The molecule has 1 heterocycles. The standard InChI is InChI=1S/C17H28N2/c1-4-5-6-15-7-9-16(10-8-15)19-12-11-17(18)13(2)14(19)3/h7-10,13-14,17H,4-6,11-12,18H2,1-3H3. The van der Waals surface area contributed by atoms with Crippen LogP contribution >= 0.6 is 0 Å². The number of rotatable bonds is 4. The Morgan fingerprint density at radius 2 is 1.89 bits per heavy atom. The van der Waals surface area contributed by atoms with Crippen molar-refractivity contribution in [2.75, 3.05) is 11.4 Å². The van der Waals surface area contributed by atoms with Crippen LogP contribution in [0.15, 0.2) is 24.3 Å². The largest absolute Gasteiger partial charge is 0.368 e. The maximum Gasteiger partial charge on any atom is 0.0368 e. The predicted octanol–water partition coefficient (Wildman–Crippen LogP) is 3.59. The van der Waals surface area contributed by atoms with Gasteiger partial charge in [0.15, 0.2) is 0 Å². The smallest absolute Gasteiger partial charge is 0.0368 e. The molecular weight excluding hydrogens is 232 g/mol. The molecule has 0 aromatic heterocycles. The first-order valence-electron chi connectivity index (χ1n) is 7.74. The molecule has 1 aromatic carbocycles. The average molecular weight is 260 g/mol. The number of piperidine rings is 1. The fourth-order valence-corrected chi connectivity index (χ4v) is 3.00. The second-order valence-corrected chi connectivity index (χ2v) is 6.02. The maximum atomic E-state index is 6.16. The Bertz CT molecular complexity index is 385. The molecule has 1 saturated heterocycles. The van der Waals surface area contributed by atoms with Gasteiger partial charge in [-0.3, -0.25) is 0 Å². The molecule has 2 heteroatoms. The highest BCUT2D eigenvalue weighted by atomic mass is 15.2. The second kappa shape index (κ2) is 6.42. The summed E-state index contributed by atoms with van der Waals surface area (Å²) in [6.07, 6.45) is 4.85. The zero-order chi connectivity index (χ0) is 13.8. The minimum atomic E-state index is 0.357. The Kier molecular flexibility index (Phi) is 4.87. The first-order chi connectivity index (χ1) is 9.13. The number of hydrogen-bond donors (Lipinski definition) is 1. The van der Waals surface area contributed by atoms with Crippen molar-refractivity contribution in [1.29, 1.82) is 0 Å². The third-order valence-electron chi connectivity index (χ3n) is 4.72. The van der Waals surface area contributed by atoms with Gasteiger partial charge in [-0.1, -0.05) is 32.4 Å². The van der Waals surface area contributed by atoms with Gasteiger partial charge in [-0.2, -0.15) is 0 Å². The molecule has 0 saturated carbocycles. The summed E-state index contributed by atoms with van der Waals surface area (Å²) in [7, 11) is 0. The fourth-order valence-electron chi connectivity index (χ4n) is 3.00. The molecule has 3 atom stereocenters. The van der Waals surface area contributed by atoms with Crippen molar-refractivity contribution >= 4 is 5.69 Å². The van der Waals surface area contributed by atoms with E-state index in [0.717, 1.165) is 13.0 Å². The third-order valence-corrected chi connectivity index (χ3v) is 4.72. The zero-order valence-electron chi connectivity index (χ0n) is 12.6. The van der Waals surface area contributed by atoms with Crippen LogP contribution in [0.4, 0.5) is 5.69 Å². The lowest BCUT2D eigenvalue weighted by Crippen LogP contribution is -2.51. The first kappa shape index (κ1) is 14.4. The summed E-state index contributed by atoms with van der Waals surface area (Å²) in [6.45, 7) is 7.90. The van der Waals surface area contributed by atoms with E-state index in [9.17, 15) is 0 Å². The lowest BCUT2D eigenvalue weighted by atomic mass is 9.87. The van der Waals surface area contributed by atoms with E-state index in [2.05, 4.69) is 49.9 Å². The van der Waals surface area contributed by atoms with Gasteiger partial charge in [0, 0.05) is 24.3 Å². The van der Waals surface area contributed by atoms with E-state index < -0.39 is 0 Å². The highest BCUT2D eigenvalue weighted by Crippen LogP contribution is 2.28. The molecular formula is C17H28N2. The number of unbranched alkanes of at least 4 members (excludes halogenated alkanes) is 1. The summed E-state index contributed by atoms with van der Waals surface area (Å²) in [4.78, 5) is 2.51. The van der Waals surface area contributed by atoms with Gasteiger partial charge in [0.05, 0.1) is 0 Å². The number of benzene rings is 1. The van der Waals surface area contributed by atoms with E-state index in [1.165, 1.54) is 30.5 Å². The summed E-state index contributed by atoms with van der Waals surface area (Å²) in [5.41, 5.74) is 8.97. The van der Waals surface area contributed by atoms with Crippen molar-refractivity contribution in [2.45, 2.75) is 58.5 Å². The Morgan fingerprint density at radius 1 is 1.21 bits per heavy atom. The number of nitrogens with zero attached hydrogens (tertiary/aromatic N) is 1. The van der Waals surface area contributed by atoms with Gasteiger partial charge in [0.2, 0.25) is 0 Å². The Morgan fingerprint density at radius 3 is 2.53 bits per heavy atom. The van der Waals surface area contributed by atoms with Crippen LogP contribution in [-0.2, 0) is 6.42 Å². The van der Waals surface area contributed by atoms with Crippen molar-refractivity contribution in [3.8, 4) is 0 Å². The molecule has 0 bridgehead atoms. The van der Waals surface area contributed by atoms with Crippen molar-refractivity contribution in [1.82, 2.24) is 0 Å². The van der Waals surface area contributed by atoms with Crippen LogP contribution in [0.25, 0.3) is 0 Å². The van der Waals surface area contributed by atoms with E-state index in [0.29, 0.717) is 18.0 Å². The molecule has 0 spiro atoms. The Balaban J connectivity index is 2.05. The quantitative estimate of drug-likeness (QED) is 0.896. The lowest BCUT2D eigenvalue weighted by molar-refractivity contribution is 0.315. The van der Waals surface area contributed by atoms with E-state index in [1.54, 1.807) is 0 Å². The highest BCUT2D eigenvalue weighted by molar-refractivity contribution is 5.49.